The third kappa shape index (κ3) is 6.04. The van der Waals surface area contributed by atoms with E-state index in [1.54, 1.807) is 7.11 Å². The number of ether oxygens (including phenoxy) is 1. The average Bonchev–Trinajstić information content (AvgIpc) is 2.96. The van der Waals surface area contributed by atoms with Crippen LogP contribution in [0, 0.1) is 6.92 Å². The summed E-state index contributed by atoms with van der Waals surface area (Å²) in [6, 6.07) is 8.11. The fourth-order valence-electron chi connectivity index (χ4n) is 2.82. The van der Waals surface area contributed by atoms with Gasteiger partial charge in [-0.25, -0.2) is 4.99 Å². The van der Waals surface area contributed by atoms with Crippen LogP contribution in [-0.2, 0) is 11.3 Å². The number of methoxy groups -OCH3 is 1. The highest BCUT2D eigenvalue weighted by Crippen LogP contribution is 2.25. The highest BCUT2D eigenvalue weighted by molar-refractivity contribution is 5.82. The average molecular weight is 361 g/mol. The van der Waals surface area contributed by atoms with Gasteiger partial charge in [0.15, 0.2) is 5.96 Å². The molecule has 1 aromatic heterocycles. The van der Waals surface area contributed by atoms with Gasteiger partial charge < -0.3 is 24.7 Å². The van der Waals surface area contributed by atoms with E-state index in [0.29, 0.717) is 6.54 Å². The number of guanidine groups is 1. The molecule has 0 bridgehead atoms. The van der Waals surface area contributed by atoms with Crippen molar-refractivity contribution in [2.75, 3.05) is 46.9 Å². The van der Waals surface area contributed by atoms with E-state index in [9.17, 15) is 0 Å². The number of nitrogens with zero attached hydrogens (tertiary/aromatic N) is 2. The Balaban J connectivity index is 1.88. The lowest BCUT2D eigenvalue weighted by Gasteiger charge is -2.18. The molecule has 144 valence electrons. The van der Waals surface area contributed by atoms with Crippen molar-refractivity contribution in [1.29, 1.82) is 0 Å². The molecule has 2 N–H and O–H groups in total. The number of furan rings is 1. The Morgan fingerprint density at radius 2 is 2.04 bits per heavy atom. The summed E-state index contributed by atoms with van der Waals surface area (Å²) in [4.78, 5) is 6.96. The number of para-hydroxylation sites is 1. The predicted molar refractivity (Wildman–Crippen MR) is 108 cm³/mol. The molecule has 0 fully saturated rings. The first kappa shape index (κ1) is 20.3. The highest BCUT2D eigenvalue weighted by atomic mass is 16.5. The van der Waals surface area contributed by atoms with Crippen molar-refractivity contribution in [2.45, 2.75) is 26.8 Å². The summed E-state index contributed by atoms with van der Waals surface area (Å²) in [5.74, 6) is 1.73. The van der Waals surface area contributed by atoms with Crippen LogP contribution < -0.4 is 10.6 Å². The Morgan fingerprint density at radius 3 is 2.77 bits per heavy atom. The molecule has 0 radical (unpaired) electrons. The zero-order valence-electron chi connectivity index (χ0n) is 16.5. The fraction of sp³-hybridized carbons (Fsp3) is 0.550. The molecule has 0 saturated carbocycles. The molecule has 2 aromatic rings. The first-order valence-corrected chi connectivity index (χ1v) is 9.32. The van der Waals surface area contributed by atoms with E-state index in [1.807, 2.05) is 18.2 Å². The maximum absolute atomic E-state index is 5.94. The molecule has 0 aliphatic heterocycles. The largest absolute Gasteiger partial charge is 0.459 e. The second-order valence-corrected chi connectivity index (χ2v) is 6.42. The van der Waals surface area contributed by atoms with E-state index in [0.717, 1.165) is 67.5 Å². The van der Waals surface area contributed by atoms with Crippen molar-refractivity contribution in [3.8, 4) is 0 Å². The number of nitrogens with one attached hydrogen (secondary N) is 2. The van der Waals surface area contributed by atoms with Crippen molar-refractivity contribution < 1.29 is 9.15 Å². The van der Waals surface area contributed by atoms with E-state index < -0.39 is 0 Å². The molecule has 6 nitrogen and oxygen atoms in total. The number of fused-ring (bicyclic) bond motifs is 1. The number of likely N-dealkylation sites (N-methyl/N-ethyl adjacent to an activating group) is 1. The van der Waals surface area contributed by atoms with Gasteiger partial charge in [0.1, 0.15) is 17.9 Å². The van der Waals surface area contributed by atoms with Gasteiger partial charge in [-0.15, -0.1) is 0 Å². The lowest BCUT2D eigenvalue weighted by molar-refractivity contribution is 0.180. The van der Waals surface area contributed by atoms with E-state index in [1.165, 1.54) is 0 Å². The van der Waals surface area contributed by atoms with E-state index >= 15 is 0 Å². The van der Waals surface area contributed by atoms with Gasteiger partial charge in [-0.05, 0) is 33.4 Å². The lowest BCUT2D eigenvalue weighted by atomic mass is 10.1. The predicted octanol–water partition coefficient (Wildman–Crippen LogP) is 2.76. The Labute approximate surface area is 156 Å². The van der Waals surface area contributed by atoms with Crippen LogP contribution >= 0.6 is 0 Å². The Kier molecular flexibility index (Phi) is 8.44. The molecule has 26 heavy (non-hydrogen) atoms. The van der Waals surface area contributed by atoms with Crippen LogP contribution in [0.5, 0.6) is 0 Å². The third-order valence-electron chi connectivity index (χ3n) is 4.34. The molecule has 0 atom stereocenters. The van der Waals surface area contributed by atoms with Gasteiger partial charge in [0.05, 0.1) is 0 Å². The highest BCUT2D eigenvalue weighted by Gasteiger charge is 2.09. The van der Waals surface area contributed by atoms with Crippen LogP contribution in [0.25, 0.3) is 11.0 Å². The molecular weight excluding hydrogens is 328 g/mol. The molecule has 0 aliphatic carbocycles. The van der Waals surface area contributed by atoms with Crippen molar-refractivity contribution in [3.63, 3.8) is 0 Å². The van der Waals surface area contributed by atoms with Crippen molar-refractivity contribution >= 4 is 16.9 Å². The van der Waals surface area contributed by atoms with Gasteiger partial charge in [-0.1, -0.05) is 18.2 Å². The van der Waals surface area contributed by atoms with Gasteiger partial charge in [-0.3, -0.25) is 0 Å². The minimum Gasteiger partial charge on any atom is -0.459 e. The monoisotopic (exact) mass is 360 g/mol. The first-order valence-electron chi connectivity index (χ1n) is 9.32. The smallest absolute Gasteiger partial charge is 0.191 e. The Bertz CT molecular complexity index is 696. The summed E-state index contributed by atoms with van der Waals surface area (Å²) >= 11 is 0. The minimum absolute atomic E-state index is 0.527. The van der Waals surface area contributed by atoms with E-state index in [-0.39, 0.29) is 0 Å². The number of hydrogen-bond acceptors (Lipinski definition) is 4. The molecule has 0 saturated heterocycles. The van der Waals surface area contributed by atoms with Crippen LogP contribution in [0.2, 0.25) is 0 Å². The molecule has 2 rings (SSSR count). The van der Waals surface area contributed by atoms with Gasteiger partial charge in [0.2, 0.25) is 0 Å². The van der Waals surface area contributed by atoms with Crippen LogP contribution in [0.4, 0.5) is 0 Å². The van der Waals surface area contributed by atoms with Gasteiger partial charge in [0.25, 0.3) is 0 Å². The van der Waals surface area contributed by atoms with Crippen LogP contribution in [0.3, 0.4) is 0 Å². The maximum atomic E-state index is 5.94. The van der Waals surface area contributed by atoms with Gasteiger partial charge >= 0.3 is 0 Å². The number of benzene rings is 1. The maximum Gasteiger partial charge on any atom is 0.191 e. The summed E-state index contributed by atoms with van der Waals surface area (Å²) in [5.41, 5.74) is 2.09. The number of aliphatic imine (C=N–C) groups is 1. The number of aryl methyl sites for hydroxylation is 1. The summed E-state index contributed by atoms with van der Waals surface area (Å²) < 4.78 is 11.0. The molecule has 1 heterocycles. The van der Waals surface area contributed by atoms with Crippen LogP contribution in [0.15, 0.2) is 33.7 Å². The standard InChI is InChI=1S/C20H32N4O2/c1-5-21-20(22-11-13-24(3)12-8-14-25-4)23-15-19-16(2)17-9-6-7-10-18(17)26-19/h6-7,9-10H,5,8,11-15H2,1-4H3,(H2,21,22,23). The summed E-state index contributed by atoms with van der Waals surface area (Å²) in [6.07, 6.45) is 1.05. The zero-order valence-corrected chi connectivity index (χ0v) is 16.5. The Morgan fingerprint density at radius 1 is 1.23 bits per heavy atom. The van der Waals surface area contributed by atoms with E-state index in [2.05, 4.69) is 47.5 Å². The summed E-state index contributed by atoms with van der Waals surface area (Å²) in [5, 5.41) is 7.84. The topological polar surface area (TPSA) is 62.0 Å². The SMILES string of the molecule is CCNC(=NCc1oc2ccccc2c1C)NCCN(C)CCCOC. The molecule has 0 spiro atoms. The van der Waals surface area contributed by atoms with Crippen molar-refractivity contribution in [1.82, 2.24) is 15.5 Å². The quantitative estimate of drug-likeness (QED) is 0.388. The zero-order chi connectivity index (χ0) is 18.8. The van der Waals surface area contributed by atoms with Crippen molar-refractivity contribution in [3.05, 3.63) is 35.6 Å². The van der Waals surface area contributed by atoms with Gasteiger partial charge in [0, 0.05) is 50.8 Å². The molecule has 6 heteroatoms. The van der Waals surface area contributed by atoms with Crippen LogP contribution in [0.1, 0.15) is 24.7 Å². The third-order valence-corrected chi connectivity index (χ3v) is 4.34. The van der Waals surface area contributed by atoms with Crippen LogP contribution in [-0.4, -0.2) is 57.8 Å². The molecule has 0 amide bonds. The molecule has 1 aromatic carbocycles. The minimum atomic E-state index is 0.527. The lowest BCUT2D eigenvalue weighted by Crippen LogP contribution is -2.41. The first-order chi connectivity index (χ1) is 12.7. The second kappa shape index (κ2) is 10.8. The number of hydrogen-bond donors (Lipinski definition) is 2. The normalized spacial score (nSPS) is 12.1. The molecule has 0 unspecified atom stereocenters. The summed E-state index contributed by atoms with van der Waals surface area (Å²) in [7, 11) is 3.86. The molecule has 0 aliphatic rings. The summed E-state index contributed by atoms with van der Waals surface area (Å²) in [6.45, 7) is 9.15. The molecular formula is C20H32N4O2. The van der Waals surface area contributed by atoms with E-state index in [4.69, 9.17) is 9.15 Å². The number of rotatable bonds is 10. The second-order valence-electron chi connectivity index (χ2n) is 6.42. The van der Waals surface area contributed by atoms with Gasteiger partial charge in [-0.2, -0.15) is 0 Å². The Hall–Kier alpha value is -2.05. The van der Waals surface area contributed by atoms with Crippen molar-refractivity contribution in [2.24, 2.45) is 4.99 Å². The fourth-order valence-corrected chi connectivity index (χ4v) is 2.82.